The van der Waals surface area contributed by atoms with Crippen molar-refractivity contribution in [3.63, 3.8) is 0 Å². The van der Waals surface area contributed by atoms with E-state index in [1.165, 1.54) is 0 Å². The summed E-state index contributed by atoms with van der Waals surface area (Å²) in [5.74, 6) is -3.21. The molecular formula is C16H12F5NO2. The summed E-state index contributed by atoms with van der Waals surface area (Å²) in [7, 11) is 0. The predicted octanol–water partition coefficient (Wildman–Crippen LogP) is 3.99. The number of carbonyl (C=O) groups is 1. The lowest BCUT2D eigenvalue weighted by atomic mass is 9.95. The van der Waals surface area contributed by atoms with Crippen LogP contribution in [-0.4, -0.2) is 17.2 Å². The highest BCUT2D eigenvalue weighted by atomic mass is 19.4. The molecule has 128 valence electrons. The van der Waals surface area contributed by atoms with Crippen LogP contribution in [0.3, 0.4) is 0 Å². The van der Waals surface area contributed by atoms with Gasteiger partial charge in [0.25, 0.3) is 5.91 Å². The molecule has 8 heteroatoms. The van der Waals surface area contributed by atoms with Gasteiger partial charge in [0.15, 0.2) is 5.60 Å². The van der Waals surface area contributed by atoms with Crippen molar-refractivity contribution in [1.29, 1.82) is 0 Å². The van der Waals surface area contributed by atoms with Crippen molar-refractivity contribution in [3.8, 4) is 0 Å². The van der Waals surface area contributed by atoms with Crippen molar-refractivity contribution in [2.24, 2.45) is 0 Å². The molecule has 2 N–H and O–H groups in total. The van der Waals surface area contributed by atoms with Crippen molar-refractivity contribution in [1.82, 2.24) is 0 Å². The minimum atomic E-state index is -4.88. The second kappa shape index (κ2) is 6.20. The summed E-state index contributed by atoms with van der Waals surface area (Å²) in [4.78, 5) is 11.9. The van der Waals surface area contributed by atoms with E-state index in [4.69, 9.17) is 0 Å². The number of anilines is 1. The van der Waals surface area contributed by atoms with E-state index in [0.29, 0.717) is 6.92 Å². The second-order valence-electron chi connectivity index (χ2n) is 5.20. The van der Waals surface area contributed by atoms with E-state index in [-0.39, 0.29) is 5.69 Å². The first-order valence-corrected chi connectivity index (χ1v) is 6.69. The van der Waals surface area contributed by atoms with Crippen LogP contribution in [0.2, 0.25) is 0 Å². The van der Waals surface area contributed by atoms with Crippen LogP contribution in [0.4, 0.5) is 27.6 Å². The van der Waals surface area contributed by atoms with Crippen molar-refractivity contribution in [3.05, 3.63) is 65.2 Å². The van der Waals surface area contributed by atoms with Crippen molar-refractivity contribution < 1.29 is 31.9 Å². The zero-order valence-corrected chi connectivity index (χ0v) is 12.3. The Morgan fingerprint density at radius 2 is 1.50 bits per heavy atom. The summed E-state index contributed by atoms with van der Waals surface area (Å²) in [6.45, 7) is 0.593. The van der Waals surface area contributed by atoms with Gasteiger partial charge in [0, 0.05) is 5.69 Å². The van der Waals surface area contributed by atoms with Gasteiger partial charge >= 0.3 is 6.18 Å². The highest BCUT2D eigenvalue weighted by molar-refractivity contribution is 6.04. The molecule has 2 aromatic rings. The molecule has 0 aliphatic heterocycles. The lowest BCUT2D eigenvalue weighted by Crippen LogP contribution is -2.39. The fraction of sp³-hybridized carbons (Fsp3) is 0.188. The molecule has 0 saturated heterocycles. The summed E-state index contributed by atoms with van der Waals surface area (Å²) in [5.41, 5.74) is -4.29. The van der Waals surface area contributed by atoms with E-state index in [2.05, 4.69) is 5.32 Å². The van der Waals surface area contributed by atoms with Crippen LogP contribution < -0.4 is 5.32 Å². The SMILES string of the molecule is CC(O)(c1ccc(NC(=O)c2c(F)cccc2F)cc1)C(F)(F)F. The molecule has 3 nitrogen and oxygen atoms in total. The molecule has 0 bridgehead atoms. The number of rotatable bonds is 3. The molecule has 0 radical (unpaired) electrons. The molecule has 0 fully saturated rings. The first-order chi connectivity index (χ1) is 11.0. The number of halogens is 5. The quantitative estimate of drug-likeness (QED) is 0.827. The largest absolute Gasteiger partial charge is 0.421 e. The van der Waals surface area contributed by atoms with E-state index >= 15 is 0 Å². The highest BCUT2D eigenvalue weighted by Crippen LogP contribution is 2.38. The molecule has 0 heterocycles. The Morgan fingerprint density at radius 1 is 1.00 bits per heavy atom. The smallest absolute Gasteiger partial charge is 0.376 e. The Labute approximate surface area is 133 Å². The number of nitrogens with one attached hydrogen (secondary N) is 1. The maximum Gasteiger partial charge on any atom is 0.421 e. The van der Waals surface area contributed by atoms with Crippen LogP contribution in [0, 0.1) is 11.6 Å². The van der Waals surface area contributed by atoms with Gasteiger partial charge < -0.3 is 10.4 Å². The fourth-order valence-corrected chi connectivity index (χ4v) is 1.95. The molecule has 0 aromatic heterocycles. The van der Waals surface area contributed by atoms with E-state index in [9.17, 15) is 31.9 Å². The van der Waals surface area contributed by atoms with Crippen LogP contribution in [-0.2, 0) is 5.60 Å². The molecule has 1 atom stereocenters. The third kappa shape index (κ3) is 3.38. The Bertz CT molecular complexity index is 734. The molecule has 1 amide bonds. The summed E-state index contributed by atoms with van der Waals surface area (Å²) in [6.07, 6.45) is -4.88. The number of carbonyl (C=O) groups excluding carboxylic acids is 1. The lowest BCUT2D eigenvalue weighted by molar-refractivity contribution is -0.258. The summed E-state index contributed by atoms with van der Waals surface area (Å²) in [6, 6.07) is 7.00. The number of amides is 1. The number of aliphatic hydroxyl groups is 1. The summed E-state index contributed by atoms with van der Waals surface area (Å²) >= 11 is 0. The molecule has 0 saturated carbocycles. The minimum absolute atomic E-state index is 0.0179. The van der Waals surface area contributed by atoms with E-state index < -0.39 is 40.4 Å². The third-order valence-corrected chi connectivity index (χ3v) is 3.45. The minimum Gasteiger partial charge on any atom is -0.376 e. The van der Waals surface area contributed by atoms with Gasteiger partial charge in [-0.05, 0) is 36.8 Å². The third-order valence-electron chi connectivity index (χ3n) is 3.45. The maximum atomic E-state index is 13.5. The average Bonchev–Trinajstić information content (AvgIpc) is 2.46. The maximum absolute atomic E-state index is 13.5. The van der Waals surface area contributed by atoms with Crippen molar-refractivity contribution in [2.45, 2.75) is 18.7 Å². The lowest BCUT2D eigenvalue weighted by Gasteiger charge is -2.26. The predicted molar refractivity (Wildman–Crippen MR) is 76.4 cm³/mol. The van der Waals surface area contributed by atoms with Gasteiger partial charge in [0.2, 0.25) is 0 Å². The molecule has 24 heavy (non-hydrogen) atoms. The zero-order valence-electron chi connectivity index (χ0n) is 12.3. The number of alkyl halides is 3. The molecular weight excluding hydrogens is 333 g/mol. The first-order valence-electron chi connectivity index (χ1n) is 6.69. The Balaban J connectivity index is 2.22. The van der Waals surface area contributed by atoms with Gasteiger partial charge in [-0.25, -0.2) is 8.78 Å². The molecule has 2 aromatic carbocycles. The Kier molecular flexibility index (Phi) is 4.61. The standard InChI is InChI=1S/C16H12F5NO2/c1-15(24,16(19,20)21)9-5-7-10(8-6-9)22-14(23)13-11(17)3-2-4-12(13)18/h2-8,24H,1H3,(H,22,23). The van der Waals surface area contributed by atoms with Gasteiger partial charge in [-0.1, -0.05) is 18.2 Å². The van der Waals surface area contributed by atoms with E-state index in [1.54, 1.807) is 0 Å². The van der Waals surface area contributed by atoms with E-state index in [1.807, 2.05) is 0 Å². The second-order valence-corrected chi connectivity index (χ2v) is 5.20. The van der Waals surface area contributed by atoms with Crippen LogP contribution in [0.5, 0.6) is 0 Å². The van der Waals surface area contributed by atoms with Gasteiger partial charge in [-0.3, -0.25) is 4.79 Å². The molecule has 2 rings (SSSR count). The summed E-state index contributed by atoms with van der Waals surface area (Å²) in [5, 5.41) is 11.7. The topological polar surface area (TPSA) is 49.3 Å². The van der Waals surface area contributed by atoms with Crippen LogP contribution >= 0.6 is 0 Å². The van der Waals surface area contributed by atoms with Gasteiger partial charge in [0.1, 0.15) is 17.2 Å². The summed E-state index contributed by atoms with van der Waals surface area (Å²) < 4.78 is 65.2. The normalized spacial score (nSPS) is 14.1. The zero-order chi connectivity index (χ0) is 18.1. The molecule has 0 spiro atoms. The highest BCUT2D eigenvalue weighted by Gasteiger charge is 2.51. The average molecular weight is 345 g/mol. The number of hydrogen-bond donors (Lipinski definition) is 2. The Hall–Kier alpha value is -2.48. The molecule has 0 aliphatic rings. The van der Waals surface area contributed by atoms with Crippen molar-refractivity contribution >= 4 is 11.6 Å². The van der Waals surface area contributed by atoms with Gasteiger partial charge in [0.05, 0.1) is 0 Å². The monoisotopic (exact) mass is 345 g/mol. The Morgan fingerprint density at radius 3 is 1.96 bits per heavy atom. The molecule has 1 unspecified atom stereocenters. The first kappa shape index (κ1) is 17.9. The van der Waals surface area contributed by atoms with Gasteiger partial charge in [-0.15, -0.1) is 0 Å². The number of benzene rings is 2. The van der Waals surface area contributed by atoms with Gasteiger partial charge in [-0.2, -0.15) is 13.2 Å². The van der Waals surface area contributed by atoms with Crippen LogP contribution in [0.1, 0.15) is 22.8 Å². The molecule has 0 aliphatic carbocycles. The number of hydrogen-bond acceptors (Lipinski definition) is 2. The van der Waals surface area contributed by atoms with Crippen LogP contribution in [0.25, 0.3) is 0 Å². The fourth-order valence-electron chi connectivity index (χ4n) is 1.95. The van der Waals surface area contributed by atoms with E-state index in [0.717, 1.165) is 42.5 Å². The van der Waals surface area contributed by atoms with Crippen molar-refractivity contribution in [2.75, 3.05) is 5.32 Å². The van der Waals surface area contributed by atoms with Crippen LogP contribution in [0.15, 0.2) is 42.5 Å².